The average molecular weight is 247 g/mol. The lowest BCUT2D eigenvalue weighted by Gasteiger charge is -2.07. The van der Waals surface area contributed by atoms with Crippen LogP contribution in [0.25, 0.3) is 0 Å². The van der Waals surface area contributed by atoms with Crippen molar-refractivity contribution in [1.82, 2.24) is 5.32 Å². The number of ether oxygens (including phenoxy) is 1. The molecule has 90 valence electrons. The van der Waals surface area contributed by atoms with Gasteiger partial charge in [-0.25, -0.2) is 0 Å². The molecule has 3 heteroatoms. The Morgan fingerprint density at radius 1 is 1.12 bits per heavy atom. The van der Waals surface area contributed by atoms with Crippen LogP contribution in [-0.2, 0) is 13.2 Å². The third-order valence-electron chi connectivity index (χ3n) is 2.53. The van der Waals surface area contributed by atoms with Crippen molar-refractivity contribution in [3.63, 3.8) is 0 Å². The summed E-state index contributed by atoms with van der Waals surface area (Å²) in [5.74, 6) is 0.969. The molecule has 0 aliphatic heterocycles. The lowest BCUT2D eigenvalue weighted by molar-refractivity contribution is 0.307. The Kier molecular flexibility index (Phi) is 4.18. The van der Waals surface area contributed by atoms with Crippen LogP contribution in [0.1, 0.15) is 15.3 Å². The molecule has 2 aromatic rings. The molecule has 0 aliphatic carbocycles. The van der Waals surface area contributed by atoms with Crippen LogP contribution < -0.4 is 10.1 Å². The molecule has 1 heterocycles. The first kappa shape index (κ1) is 12.1. The van der Waals surface area contributed by atoms with Gasteiger partial charge in [-0.05, 0) is 37.7 Å². The van der Waals surface area contributed by atoms with E-state index in [-0.39, 0.29) is 0 Å². The first-order valence-corrected chi connectivity index (χ1v) is 6.52. The molecule has 0 radical (unpaired) electrons. The molecule has 17 heavy (non-hydrogen) atoms. The molecule has 0 saturated heterocycles. The van der Waals surface area contributed by atoms with Crippen LogP contribution in [0.2, 0.25) is 0 Å². The second-order valence-electron chi connectivity index (χ2n) is 3.95. The number of nitrogens with one attached hydrogen (secondary N) is 1. The topological polar surface area (TPSA) is 21.3 Å². The molecule has 1 aromatic carbocycles. The minimum Gasteiger partial charge on any atom is -0.488 e. The Balaban J connectivity index is 1.95. The Hall–Kier alpha value is -1.32. The number of hydrogen-bond acceptors (Lipinski definition) is 3. The number of rotatable bonds is 5. The van der Waals surface area contributed by atoms with E-state index >= 15 is 0 Å². The van der Waals surface area contributed by atoms with Crippen molar-refractivity contribution in [2.24, 2.45) is 0 Å². The monoisotopic (exact) mass is 247 g/mol. The third kappa shape index (κ3) is 3.32. The Labute approximate surface area is 106 Å². The van der Waals surface area contributed by atoms with Crippen LogP contribution >= 0.6 is 11.3 Å². The van der Waals surface area contributed by atoms with E-state index in [1.165, 1.54) is 15.3 Å². The van der Waals surface area contributed by atoms with Crippen molar-refractivity contribution in [1.29, 1.82) is 0 Å². The highest BCUT2D eigenvalue weighted by Crippen LogP contribution is 2.21. The Morgan fingerprint density at radius 3 is 2.65 bits per heavy atom. The summed E-state index contributed by atoms with van der Waals surface area (Å²) in [6.45, 7) is 3.64. The van der Waals surface area contributed by atoms with Crippen LogP contribution in [0.15, 0.2) is 36.4 Å². The summed E-state index contributed by atoms with van der Waals surface area (Å²) in [6.07, 6.45) is 0. The first-order chi connectivity index (χ1) is 8.29. The lowest BCUT2D eigenvalue weighted by atomic mass is 10.2. The van der Waals surface area contributed by atoms with Crippen LogP contribution in [0.3, 0.4) is 0 Å². The predicted molar refractivity (Wildman–Crippen MR) is 72.6 cm³/mol. The summed E-state index contributed by atoms with van der Waals surface area (Å²) in [5.41, 5.74) is 1.18. The smallest absolute Gasteiger partial charge is 0.122 e. The average Bonchev–Trinajstić information content (AvgIpc) is 2.76. The van der Waals surface area contributed by atoms with Crippen LogP contribution in [0.4, 0.5) is 0 Å². The zero-order valence-corrected chi connectivity index (χ0v) is 11.0. The van der Waals surface area contributed by atoms with E-state index in [2.05, 4.69) is 30.4 Å². The molecule has 0 bridgehead atoms. The van der Waals surface area contributed by atoms with E-state index in [1.807, 2.05) is 25.2 Å². The second kappa shape index (κ2) is 5.84. The summed E-state index contributed by atoms with van der Waals surface area (Å²) in [6, 6.07) is 12.4. The van der Waals surface area contributed by atoms with Gasteiger partial charge in [0.1, 0.15) is 12.4 Å². The Morgan fingerprint density at radius 2 is 1.88 bits per heavy atom. The SMILES string of the molecule is CNCc1ccc(COc2ccccc2C)s1. The van der Waals surface area contributed by atoms with E-state index in [0.717, 1.165) is 12.3 Å². The number of thiophene rings is 1. The zero-order chi connectivity index (χ0) is 12.1. The lowest BCUT2D eigenvalue weighted by Crippen LogP contribution is -2.02. The van der Waals surface area contributed by atoms with Crippen LogP contribution in [0.5, 0.6) is 5.75 Å². The van der Waals surface area contributed by atoms with Gasteiger partial charge < -0.3 is 10.1 Å². The highest BCUT2D eigenvalue weighted by Gasteiger charge is 2.02. The van der Waals surface area contributed by atoms with Gasteiger partial charge in [-0.3, -0.25) is 0 Å². The molecular formula is C14H17NOS. The van der Waals surface area contributed by atoms with Gasteiger partial charge in [0, 0.05) is 16.3 Å². The first-order valence-electron chi connectivity index (χ1n) is 5.70. The summed E-state index contributed by atoms with van der Waals surface area (Å²) >= 11 is 1.80. The minimum absolute atomic E-state index is 0.652. The molecule has 2 rings (SSSR count). The quantitative estimate of drug-likeness (QED) is 0.875. The van der Waals surface area contributed by atoms with Crippen LogP contribution in [-0.4, -0.2) is 7.05 Å². The van der Waals surface area contributed by atoms with Gasteiger partial charge in [-0.1, -0.05) is 18.2 Å². The van der Waals surface area contributed by atoms with Gasteiger partial charge in [0.2, 0.25) is 0 Å². The highest BCUT2D eigenvalue weighted by molar-refractivity contribution is 7.11. The van der Waals surface area contributed by atoms with Gasteiger partial charge in [0.05, 0.1) is 0 Å². The molecule has 0 saturated carbocycles. The van der Waals surface area contributed by atoms with Gasteiger partial charge in [0.25, 0.3) is 0 Å². The fourth-order valence-corrected chi connectivity index (χ4v) is 2.58. The number of benzene rings is 1. The van der Waals surface area contributed by atoms with Gasteiger partial charge in [0.15, 0.2) is 0 Å². The van der Waals surface area contributed by atoms with E-state index in [9.17, 15) is 0 Å². The van der Waals surface area contributed by atoms with Crippen LogP contribution in [0, 0.1) is 6.92 Å². The van der Waals surface area contributed by atoms with Crippen molar-refractivity contribution in [3.8, 4) is 5.75 Å². The van der Waals surface area contributed by atoms with Crippen molar-refractivity contribution in [2.75, 3.05) is 7.05 Å². The van der Waals surface area contributed by atoms with Crippen molar-refractivity contribution in [3.05, 3.63) is 51.7 Å². The maximum atomic E-state index is 5.80. The number of aryl methyl sites for hydroxylation is 1. The third-order valence-corrected chi connectivity index (χ3v) is 3.59. The summed E-state index contributed by atoms with van der Waals surface area (Å²) in [5, 5.41) is 3.15. The number of para-hydroxylation sites is 1. The molecule has 0 atom stereocenters. The maximum absolute atomic E-state index is 5.80. The van der Waals surface area contributed by atoms with Crippen molar-refractivity contribution in [2.45, 2.75) is 20.1 Å². The summed E-state index contributed by atoms with van der Waals surface area (Å²) in [4.78, 5) is 2.61. The second-order valence-corrected chi connectivity index (χ2v) is 5.21. The number of hydrogen-bond donors (Lipinski definition) is 1. The molecule has 0 aliphatic rings. The van der Waals surface area contributed by atoms with Gasteiger partial charge in [-0.15, -0.1) is 11.3 Å². The van der Waals surface area contributed by atoms with Gasteiger partial charge in [-0.2, -0.15) is 0 Å². The van der Waals surface area contributed by atoms with Crippen molar-refractivity contribution >= 4 is 11.3 Å². The minimum atomic E-state index is 0.652. The van der Waals surface area contributed by atoms with E-state index in [0.29, 0.717) is 6.61 Å². The normalized spacial score (nSPS) is 10.5. The van der Waals surface area contributed by atoms with E-state index in [4.69, 9.17) is 4.74 Å². The predicted octanol–water partition coefficient (Wildman–Crippen LogP) is 3.35. The standard InChI is InChI=1S/C14H17NOS/c1-11-5-3-4-6-14(11)16-10-13-8-7-12(17-13)9-15-2/h3-8,15H,9-10H2,1-2H3. The summed E-state index contributed by atoms with van der Waals surface area (Å²) < 4.78 is 5.80. The molecular weight excluding hydrogens is 230 g/mol. The fraction of sp³-hybridized carbons (Fsp3) is 0.286. The molecule has 0 unspecified atom stereocenters. The molecule has 2 nitrogen and oxygen atoms in total. The van der Waals surface area contributed by atoms with E-state index < -0.39 is 0 Å². The molecule has 0 amide bonds. The zero-order valence-electron chi connectivity index (χ0n) is 10.2. The maximum Gasteiger partial charge on any atom is 0.122 e. The molecule has 0 spiro atoms. The molecule has 0 fully saturated rings. The Bertz CT molecular complexity index is 479. The van der Waals surface area contributed by atoms with E-state index in [1.54, 1.807) is 11.3 Å². The van der Waals surface area contributed by atoms with Gasteiger partial charge >= 0.3 is 0 Å². The fourth-order valence-electron chi connectivity index (χ4n) is 1.64. The highest BCUT2D eigenvalue weighted by atomic mass is 32.1. The van der Waals surface area contributed by atoms with Crippen molar-refractivity contribution < 1.29 is 4.74 Å². The molecule has 1 aromatic heterocycles. The molecule has 1 N–H and O–H groups in total. The largest absolute Gasteiger partial charge is 0.488 e. The summed E-state index contributed by atoms with van der Waals surface area (Å²) in [7, 11) is 1.96.